The number of amidine groups is 1. The second-order valence-electron chi connectivity index (χ2n) is 8.73. The van der Waals surface area contributed by atoms with Crippen molar-refractivity contribution >= 4 is 23.5 Å². The number of phenols is 1. The molecule has 0 saturated carbocycles. The highest BCUT2D eigenvalue weighted by Gasteiger charge is 2.28. The molecule has 0 unspecified atom stereocenters. The molecule has 4 rings (SSSR count). The summed E-state index contributed by atoms with van der Waals surface area (Å²) in [5, 5.41) is 27.9. The van der Waals surface area contributed by atoms with Crippen LogP contribution in [0.5, 0.6) is 46.3 Å². The van der Waals surface area contributed by atoms with Crippen molar-refractivity contribution in [2.45, 2.75) is 6.92 Å². The number of hydrogen-bond acceptors (Lipinski definition) is 10. The van der Waals surface area contributed by atoms with E-state index in [9.17, 15) is 9.90 Å². The number of carbonyl (C=O) groups excluding carboxylic acids is 1. The van der Waals surface area contributed by atoms with Crippen LogP contribution < -0.4 is 35.7 Å². The van der Waals surface area contributed by atoms with Gasteiger partial charge in [-0.2, -0.15) is 13.8 Å². The highest BCUT2D eigenvalue weighted by Crippen LogP contribution is 2.43. The molecule has 0 aliphatic carbocycles. The number of carbonyl (C=O) groups is 1. The summed E-state index contributed by atoms with van der Waals surface area (Å²) in [6.07, 6.45) is 0. The third-order valence-corrected chi connectivity index (χ3v) is 5.67. The molecule has 1 heterocycles. The van der Waals surface area contributed by atoms with Crippen molar-refractivity contribution in [3.63, 3.8) is 0 Å². The summed E-state index contributed by atoms with van der Waals surface area (Å²) in [5.41, 5.74) is 11.4. The lowest BCUT2D eigenvalue weighted by Gasteiger charge is -2.17. The summed E-state index contributed by atoms with van der Waals surface area (Å²) >= 11 is 0. The minimum atomic E-state index is -1.44. The molecule has 13 nitrogen and oxygen atoms in total. The van der Waals surface area contributed by atoms with Crippen LogP contribution in [0.2, 0.25) is 0 Å². The lowest BCUT2D eigenvalue weighted by molar-refractivity contribution is 0.0526. The molecule has 15 heteroatoms. The number of nitrogens with two attached hydrogens (primary N) is 2. The summed E-state index contributed by atoms with van der Waals surface area (Å²) < 4.78 is 58.6. The van der Waals surface area contributed by atoms with Crippen LogP contribution in [0.4, 0.5) is 14.5 Å². The summed E-state index contributed by atoms with van der Waals surface area (Å²) in [7, 11) is 1.26. The Morgan fingerprint density at radius 3 is 2.25 bits per heavy atom. The van der Waals surface area contributed by atoms with Crippen LogP contribution in [0.3, 0.4) is 0 Å². The third kappa shape index (κ3) is 7.02. The van der Waals surface area contributed by atoms with Gasteiger partial charge in [0, 0.05) is 17.3 Å². The van der Waals surface area contributed by atoms with Crippen molar-refractivity contribution in [2.75, 3.05) is 19.0 Å². The number of hydrogen-bond donors (Lipinski definition) is 6. The number of ether oxygens (including phenoxy) is 5. The number of nitrogens with zero attached hydrogens (tertiary/aromatic N) is 1. The molecule has 0 aliphatic heterocycles. The Labute approximate surface area is 248 Å². The predicted octanol–water partition coefficient (Wildman–Crippen LogP) is 5.22. The molecule has 0 amide bonds. The summed E-state index contributed by atoms with van der Waals surface area (Å²) in [5.74, 6) is -8.03. The van der Waals surface area contributed by atoms with E-state index in [1.807, 2.05) is 0 Å². The molecule has 0 spiro atoms. The maximum atomic E-state index is 15.8. The first kappa shape index (κ1) is 30.8. The molecule has 0 atom stereocenters. The Morgan fingerprint density at radius 1 is 0.909 bits per heavy atom. The van der Waals surface area contributed by atoms with Crippen LogP contribution in [-0.2, 0) is 4.74 Å². The van der Waals surface area contributed by atoms with Crippen LogP contribution >= 0.6 is 0 Å². The van der Waals surface area contributed by atoms with Crippen LogP contribution in [0, 0.1) is 22.5 Å². The van der Waals surface area contributed by atoms with Gasteiger partial charge in [-0.3, -0.25) is 10.8 Å². The van der Waals surface area contributed by atoms with Gasteiger partial charge in [-0.05, 0) is 55.5 Å². The van der Waals surface area contributed by atoms with Gasteiger partial charge in [0.2, 0.25) is 17.4 Å². The predicted molar refractivity (Wildman–Crippen MR) is 154 cm³/mol. The number of halogens is 2. The van der Waals surface area contributed by atoms with E-state index < -0.39 is 40.9 Å². The minimum absolute atomic E-state index is 0.00366. The van der Waals surface area contributed by atoms with Crippen molar-refractivity contribution in [3.05, 3.63) is 83.4 Å². The summed E-state index contributed by atoms with van der Waals surface area (Å²) in [6, 6.07) is 13.3. The zero-order valence-corrected chi connectivity index (χ0v) is 23.2. The highest BCUT2D eigenvalue weighted by molar-refractivity contribution is 5.95. The van der Waals surface area contributed by atoms with Crippen molar-refractivity contribution in [2.24, 2.45) is 11.5 Å². The number of rotatable bonds is 11. The number of benzene rings is 3. The third-order valence-electron chi connectivity index (χ3n) is 5.67. The van der Waals surface area contributed by atoms with Crippen molar-refractivity contribution in [1.29, 1.82) is 10.8 Å². The number of aromatic hydroxyl groups is 1. The zero-order valence-electron chi connectivity index (χ0n) is 23.2. The number of phenolic OH excluding ortho intramolecular Hbond substituents is 1. The van der Waals surface area contributed by atoms with E-state index in [-0.39, 0.29) is 52.5 Å². The molecule has 0 radical (unpaired) electrons. The highest BCUT2D eigenvalue weighted by atomic mass is 19.1. The average molecular weight is 609 g/mol. The van der Waals surface area contributed by atoms with Crippen LogP contribution in [0.25, 0.3) is 0 Å². The molecule has 0 bridgehead atoms. The quantitative estimate of drug-likeness (QED) is 0.0739. The molecule has 8 N–H and O–H groups in total. The fourth-order valence-electron chi connectivity index (χ4n) is 3.68. The van der Waals surface area contributed by atoms with Gasteiger partial charge in [0.1, 0.15) is 11.6 Å². The fraction of sp³-hybridized carbons (Fsp3) is 0.103. The van der Waals surface area contributed by atoms with E-state index in [1.165, 1.54) is 49.6 Å². The Bertz CT molecular complexity index is 1750. The van der Waals surface area contributed by atoms with Crippen LogP contribution in [0.15, 0.2) is 60.7 Å². The molecule has 0 aliphatic rings. The van der Waals surface area contributed by atoms with E-state index in [2.05, 4.69) is 10.3 Å². The second-order valence-corrected chi connectivity index (χ2v) is 8.73. The Balaban J connectivity index is 1.82. The van der Waals surface area contributed by atoms with Gasteiger partial charge in [-0.15, -0.1) is 0 Å². The lowest BCUT2D eigenvalue weighted by atomic mass is 10.2. The number of nitrogen functional groups attached to an aromatic ring is 1. The topological polar surface area (TPSA) is 208 Å². The SMILES string of the molecule is CCOC(=O)c1ccc(Oc2c(F)c(Oc3cccc(NC(=N)N)c3)nc(Oc3cc(C(=N)N)ccc3O)c2F)c(OC)c1. The van der Waals surface area contributed by atoms with Crippen molar-refractivity contribution in [1.82, 2.24) is 4.98 Å². The molecule has 0 fully saturated rings. The molecular weight excluding hydrogens is 582 g/mol. The Kier molecular flexibility index (Phi) is 9.28. The number of esters is 1. The average Bonchev–Trinajstić information content (AvgIpc) is 2.98. The Hall–Kier alpha value is -6.12. The normalized spacial score (nSPS) is 10.5. The molecule has 1 aromatic heterocycles. The first-order valence-corrected chi connectivity index (χ1v) is 12.7. The van der Waals surface area contributed by atoms with Gasteiger partial charge in [-0.25, -0.2) is 4.79 Å². The standard InChI is InChI=1S/C29H26F2N6O7/c1-3-41-28(39)15-8-10-19(21(12-15)40-2)43-24-22(30)26(42-17-6-4-5-16(13-17)36-29(34)35)37-27(23(24)31)44-20-11-14(25(32)33)7-9-18(20)38/h4-13,38H,3H2,1-2H3,(H3,32,33)(H4,34,35,36). The maximum Gasteiger partial charge on any atom is 0.338 e. The van der Waals surface area contributed by atoms with Gasteiger partial charge >= 0.3 is 5.97 Å². The van der Waals surface area contributed by atoms with E-state index in [0.717, 1.165) is 12.1 Å². The van der Waals surface area contributed by atoms with Gasteiger partial charge < -0.3 is 45.6 Å². The maximum absolute atomic E-state index is 15.8. The van der Waals surface area contributed by atoms with E-state index >= 15 is 8.78 Å². The number of guanidine groups is 1. The Morgan fingerprint density at radius 2 is 1.59 bits per heavy atom. The number of pyridine rings is 1. The molecule has 44 heavy (non-hydrogen) atoms. The number of methoxy groups -OCH3 is 1. The monoisotopic (exact) mass is 608 g/mol. The molecule has 0 saturated heterocycles. The fourth-order valence-corrected chi connectivity index (χ4v) is 3.68. The van der Waals surface area contributed by atoms with E-state index in [4.69, 9.17) is 46.0 Å². The number of anilines is 1. The van der Waals surface area contributed by atoms with Crippen molar-refractivity contribution in [3.8, 4) is 46.3 Å². The summed E-state index contributed by atoms with van der Waals surface area (Å²) in [6.45, 7) is 1.75. The molecule has 228 valence electrons. The molecule has 4 aromatic rings. The molecular formula is C29H26F2N6O7. The zero-order chi connectivity index (χ0) is 32.0. The second kappa shape index (κ2) is 13.2. The minimum Gasteiger partial charge on any atom is -0.504 e. The van der Waals surface area contributed by atoms with Crippen molar-refractivity contribution < 1.29 is 42.4 Å². The first-order chi connectivity index (χ1) is 21.0. The molecule has 3 aromatic carbocycles. The van der Waals surface area contributed by atoms with E-state index in [0.29, 0.717) is 5.69 Å². The van der Waals surface area contributed by atoms with Gasteiger partial charge in [-0.1, -0.05) is 6.07 Å². The first-order valence-electron chi connectivity index (χ1n) is 12.7. The smallest absolute Gasteiger partial charge is 0.338 e. The number of aromatic nitrogens is 1. The van der Waals surface area contributed by atoms with Gasteiger partial charge in [0.15, 0.2) is 29.0 Å². The van der Waals surface area contributed by atoms with Crippen LogP contribution in [0.1, 0.15) is 22.8 Å². The van der Waals surface area contributed by atoms with Crippen LogP contribution in [-0.4, -0.2) is 41.6 Å². The van der Waals surface area contributed by atoms with Gasteiger partial charge in [0.25, 0.3) is 11.8 Å². The van der Waals surface area contributed by atoms with Gasteiger partial charge in [0.05, 0.1) is 19.3 Å². The lowest BCUT2D eigenvalue weighted by Crippen LogP contribution is -2.20. The van der Waals surface area contributed by atoms with E-state index in [1.54, 1.807) is 13.0 Å². The number of nitrogens with one attached hydrogen (secondary N) is 3. The summed E-state index contributed by atoms with van der Waals surface area (Å²) in [4.78, 5) is 16.0. The largest absolute Gasteiger partial charge is 0.504 e.